The number of hydrogen-bond donors (Lipinski definition) is 3. The van der Waals surface area contributed by atoms with Gasteiger partial charge in [0, 0.05) is 49.4 Å². The zero-order valence-electron chi connectivity index (χ0n) is 23.3. The van der Waals surface area contributed by atoms with Crippen LogP contribution in [0.2, 0.25) is 0 Å². The summed E-state index contributed by atoms with van der Waals surface area (Å²) in [5, 5.41) is 11.2. The summed E-state index contributed by atoms with van der Waals surface area (Å²) in [6.07, 6.45) is 1.49. The number of nitrogens with zero attached hydrogens (tertiary/aromatic N) is 5. The minimum Gasteiger partial charge on any atom is -0.497 e. The highest BCUT2D eigenvalue weighted by atomic mass is 19.1. The number of benzene rings is 3. The Morgan fingerprint density at radius 1 is 1.10 bits per heavy atom. The summed E-state index contributed by atoms with van der Waals surface area (Å²) in [6, 6.07) is 23.4. The Bertz CT molecular complexity index is 1610. The number of rotatable bonds is 6. The van der Waals surface area contributed by atoms with E-state index < -0.39 is 11.6 Å². The van der Waals surface area contributed by atoms with Crippen LogP contribution in [0.3, 0.4) is 0 Å². The van der Waals surface area contributed by atoms with Crippen molar-refractivity contribution in [2.75, 3.05) is 27.2 Å². The van der Waals surface area contributed by atoms with E-state index in [2.05, 4.69) is 54.9 Å². The molecule has 3 heterocycles. The largest absolute Gasteiger partial charge is 0.497 e. The molecule has 0 aliphatic carbocycles. The predicted octanol–water partition coefficient (Wildman–Crippen LogP) is 3.57. The molecule has 0 amide bonds. The van der Waals surface area contributed by atoms with Crippen LogP contribution in [-0.4, -0.2) is 52.7 Å². The van der Waals surface area contributed by atoms with Crippen molar-refractivity contribution in [3.05, 3.63) is 119 Å². The maximum Gasteiger partial charge on any atom is 0.190 e. The Morgan fingerprint density at radius 2 is 1.88 bits per heavy atom. The SMILES string of the molecule is CN=C1NC(N)(c2ccc(-n3cnc(C)n3)c(F)c2)NC2=C1CN(Cc1ccc(OC)cc1)CC2c1ccccc1. The standard InChI is InChI=1S/C31H33FN8O/c1-20-35-19-40(38-20)28-14-11-23(15-27(28)32)31(33)36-29-25(22-7-5-4-6-8-22)17-39(18-26(29)30(34-2)37-31)16-21-9-12-24(41-3)13-10-21/h4-15,19,25,36H,16-18,33H2,1-3H3,(H,34,37). The number of nitrogens with two attached hydrogens (primary N) is 1. The molecule has 6 rings (SSSR count). The van der Waals surface area contributed by atoms with Gasteiger partial charge in [-0.2, -0.15) is 5.10 Å². The van der Waals surface area contributed by atoms with E-state index >= 15 is 4.39 Å². The molecule has 0 radical (unpaired) electrons. The number of halogens is 1. The van der Waals surface area contributed by atoms with Gasteiger partial charge in [0.1, 0.15) is 35.2 Å². The fourth-order valence-electron chi connectivity index (χ4n) is 5.61. The molecule has 1 aromatic heterocycles. The second-order valence-corrected chi connectivity index (χ2v) is 10.4. The van der Waals surface area contributed by atoms with E-state index in [0.717, 1.165) is 35.7 Å². The van der Waals surface area contributed by atoms with Crippen LogP contribution in [0.1, 0.15) is 28.4 Å². The van der Waals surface area contributed by atoms with Gasteiger partial charge in [-0.05, 0) is 42.3 Å². The Morgan fingerprint density at radius 3 is 2.54 bits per heavy atom. The van der Waals surface area contributed by atoms with Crippen LogP contribution in [0.25, 0.3) is 5.69 Å². The van der Waals surface area contributed by atoms with Gasteiger partial charge in [-0.3, -0.25) is 15.6 Å². The van der Waals surface area contributed by atoms with Crippen LogP contribution in [0, 0.1) is 12.7 Å². The topological polar surface area (TPSA) is 106 Å². The minimum absolute atomic E-state index is 0.00205. The molecule has 2 aliphatic rings. The Labute approximate surface area is 238 Å². The van der Waals surface area contributed by atoms with Gasteiger partial charge in [0.25, 0.3) is 0 Å². The lowest BCUT2D eigenvalue weighted by Crippen LogP contribution is -2.67. The summed E-state index contributed by atoms with van der Waals surface area (Å²) in [5.41, 5.74) is 12.2. The van der Waals surface area contributed by atoms with Crippen molar-refractivity contribution in [2.45, 2.75) is 25.2 Å². The molecule has 0 spiro atoms. The molecule has 210 valence electrons. The second kappa shape index (κ2) is 10.8. The van der Waals surface area contributed by atoms with Gasteiger partial charge in [-0.15, -0.1) is 0 Å². The molecule has 41 heavy (non-hydrogen) atoms. The number of ether oxygens (including phenoxy) is 1. The summed E-state index contributed by atoms with van der Waals surface area (Å²) in [5.74, 6) is 0.342. The smallest absolute Gasteiger partial charge is 0.190 e. The van der Waals surface area contributed by atoms with Gasteiger partial charge in [0.05, 0.1) is 7.11 Å². The van der Waals surface area contributed by atoms with E-state index in [1.54, 1.807) is 33.2 Å². The van der Waals surface area contributed by atoms with Crippen molar-refractivity contribution in [1.29, 1.82) is 0 Å². The van der Waals surface area contributed by atoms with Crippen LogP contribution in [0.4, 0.5) is 4.39 Å². The highest BCUT2D eigenvalue weighted by Gasteiger charge is 2.42. The molecular formula is C31H33FN8O. The Kier molecular flexibility index (Phi) is 7.02. The molecule has 2 unspecified atom stereocenters. The lowest BCUT2D eigenvalue weighted by molar-refractivity contribution is 0.234. The third kappa shape index (κ3) is 5.19. The Hall–Kier alpha value is -4.54. The van der Waals surface area contributed by atoms with Gasteiger partial charge in [0.15, 0.2) is 5.79 Å². The number of aromatic nitrogens is 3. The summed E-state index contributed by atoms with van der Waals surface area (Å²) in [6.45, 7) is 3.97. The number of hydrogen-bond acceptors (Lipinski definition) is 7. The van der Waals surface area contributed by atoms with Gasteiger partial charge in [-0.25, -0.2) is 14.1 Å². The molecule has 9 nitrogen and oxygen atoms in total. The third-order valence-electron chi connectivity index (χ3n) is 7.68. The highest BCUT2D eigenvalue weighted by Crippen LogP contribution is 2.36. The summed E-state index contributed by atoms with van der Waals surface area (Å²) < 4.78 is 22.1. The maximum absolute atomic E-state index is 15.4. The van der Waals surface area contributed by atoms with E-state index in [-0.39, 0.29) is 5.92 Å². The molecule has 4 N–H and O–H groups in total. The minimum atomic E-state index is -1.28. The van der Waals surface area contributed by atoms with Crippen LogP contribution < -0.4 is 21.1 Å². The number of amidine groups is 1. The van der Waals surface area contributed by atoms with Crippen molar-refractivity contribution in [2.24, 2.45) is 10.7 Å². The monoisotopic (exact) mass is 552 g/mol. The van der Waals surface area contributed by atoms with Crippen LogP contribution in [0.5, 0.6) is 5.75 Å². The molecule has 0 fully saturated rings. The molecule has 2 aliphatic heterocycles. The van der Waals surface area contributed by atoms with Gasteiger partial charge in [0.2, 0.25) is 0 Å². The quantitative estimate of drug-likeness (QED) is 0.336. The molecule has 3 aromatic carbocycles. The number of nitrogens with one attached hydrogen (secondary N) is 2. The first-order valence-corrected chi connectivity index (χ1v) is 13.5. The fraction of sp³-hybridized carbons (Fsp3) is 0.258. The summed E-state index contributed by atoms with van der Waals surface area (Å²) >= 11 is 0. The summed E-state index contributed by atoms with van der Waals surface area (Å²) in [4.78, 5) is 11.1. The lowest BCUT2D eigenvalue weighted by atomic mass is 9.85. The Balaban J connectivity index is 1.36. The van der Waals surface area contributed by atoms with E-state index in [9.17, 15) is 0 Å². The van der Waals surface area contributed by atoms with Crippen molar-refractivity contribution in [3.8, 4) is 11.4 Å². The predicted molar refractivity (Wildman–Crippen MR) is 156 cm³/mol. The molecule has 0 saturated heterocycles. The molecule has 2 atom stereocenters. The van der Waals surface area contributed by atoms with E-state index in [4.69, 9.17) is 10.5 Å². The average Bonchev–Trinajstić information content (AvgIpc) is 3.43. The first-order chi connectivity index (χ1) is 19.9. The van der Waals surface area contributed by atoms with E-state index in [1.807, 2.05) is 30.3 Å². The van der Waals surface area contributed by atoms with Crippen molar-refractivity contribution in [1.82, 2.24) is 30.3 Å². The number of aryl methyl sites for hydroxylation is 1. The van der Waals surface area contributed by atoms with Gasteiger partial charge < -0.3 is 15.4 Å². The highest BCUT2D eigenvalue weighted by molar-refractivity contribution is 6.01. The first-order valence-electron chi connectivity index (χ1n) is 13.5. The average molecular weight is 553 g/mol. The van der Waals surface area contributed by atoms with E-state index in [1.165, 1.54) is 22.6 Å². The second-order valence-electron chi connectivity index (χ2n) is 10.4. The van der Waals surface area contributed by atoms with Crippen LogP contribution in [-0.2, 0) is 12.3 Å². The van der Waals surface area contributed by atoms with E-state index in [0.29, 0.717) is 29.5 Å². The third-order valence-corrected chi connectivity index (χ3v) is 7.68. The van der Waals surface area contributed by atoms with Crippen molar-refractivity contribution >= 4 is 5.84 Å². The summed E-state index contributed by atoms with van der Waals surface area (Å²) in [7, 11) is 3.42. The molecule has 0 saturated carbocycles. The normalized spacial score (nSPS) is 21.8. The van der Waals surface area contributed by atoms with Gasteiger partial charge in [-0.1, -0.05) is 48.5 Å². The lowest BCUT2D eigenvalue weighted by Gasteiger charge is -2.46. The molecule has 10 heteroatoms. The van der Waals surface area contributed by atoms with Crippen molar-refractivity contribution < 1.29 is 9.13 Å². The number of aliphatic imine (C=N–C) groups is 1. The fourth-order valence-corrected chi connectivity index (χ4v) is 5.61. The molecule has 4 aromatic rings. The number of methoxy groups -OCH3 is 1. The van der Waals surface area contributed by atoms with Crippen molar-refractivity contribution in [3.63, 3.8) is 0 Å². The first kappa shape index (κ1) is 26.7. The molecular weight excluding hydrogens is 519 g/mol. The zero-order valence-corrected chi connectivity index (χ0v) is 23.3. The van der Waals surface area contributed by atoms with Crippen LogP contribution in [0.15, 0.2) is 95.4 Å². The molecule has 0 bridgehead atoms. The zero-order chi connectivity index (χ0) is 28.6. The maximum atomic E-state index is 15.4. The van der Waals surface area contributed by atoms with Gasteiger partial charge >= 0.3 is 0 Å². The van der Waals surface area contributed by atoms with Crippen LogP contribution >= 0.6 is 0 Å².